The number of primary amides is 1. The zero-order chi connectivity index (χ0) is 15.2. The maximum Gasteiger partial charge on any atom is 0.265 e. The van der Waals surface area contributed by atoms with Crippen molar-refractivity contribution in [3.05, 3.63) is 71.5 Å². The molecule has 0 saturated heterocycles. The second kappa shape index (κ2) is 6.62. The van der Waals surface area contributed by atoms with Gasteiger partial charge in [0.2, 0.25) is 5.91 Å². The number of halogens is 1. The Labute approximate surface area is 120 Å². The summed E-state index contributed by atoms with van der Waals surface area (Å²) in [7, 11) is 0. The Morgan fingerprint density at radius 2 is 1.62 bits per heavy atom. The molecule has 2 rings (SSSR count). The summed E-state index contributed by atoms with van der Waals surface area (Å²) >= 11 is 0. The zero-order valence-electron chi connectivity index (χ0n) is 11.0. The number of hydrazine groups is 1. The molecule has 0 aliphatic heterocycles. The maximum atomic E-state index is 12.8. The van der Waals surface area contributed by atoms with E-state index in [0.29, 0.717) is 5.56 Å². The quantitative estimate of drug-likeness (QED) is 0.724. The minimum atomic E-state index is -0.851. The highest BCUT2D eigenvalue weighted by Crippen LogP contribution is 2.11. The first-order valence-electron chi connectivity index (χ1n) is 6.23. The summed E-state index contributed by atoms with van der Waals surface area (Å²) in [5, 5.41) is 0. The Morgan fingerprint density at radius 1 is 1.00 bits per heavy atom. The topological polar surface area (TPSA) is 84.2 Å². The number of nitrogens with one attached hydrogen (secondary N) is 2. The molecule has 108 valence electrons. The standard InChI is InChI=1S/C15H14FN3O2/c16-12-8-6-11(7-9-12)15(21)19-18-13(14(17)20)10-4-2-1-3-5-10/h1-9,13,18H,(H2,17,20)(H,19,21). The molecule has 0 radical (unpaired) electrons. The molecule has 0 aliphatic carbocycles. The van der Waals surface area contributed by atoms with E-state index in [4.69, 9.17) is 5.73 Å². The van der Waals surface area contributed by atoms with Gasteiger partial charge in [0.25, 0.3) is 5.91 Å². The molecule has 2 aromatic carbocycles. The lowest BCUT2D eigenvalue weighted by Gasteiger charge is -2.16. The first-order valence-corrected chi connectivity index (χ1v) is 6.23. The zero-order valence-corrected chi connectivity index (χ0v) is 11.0. The van der Waals surface area contributed by atoms with E-state index >= 15 is 0 Å². The molecule has 0 bridgehead atoms. The Balaban J connectivity index is 2.04. The summed E-state index contributed by atoms with van der Waals surface area (Å²) in [4.78, 5) is 23.3. The number of benzene rings is 2. The van der Waals surface area contributed by atoms with E-state index in [1.165, 1.54) is 24.3 Å². The van der Waals surface area contributed by atoms with E-state index in [1.807, 2.05) is 0 Å². The van der Waals surface area contributed by atoms with Crippen LogP contribution in [0.25, 0.3) is 0 Å². The molecule has 6 heteroatoms. The fourth-order valence-corrected chi connectivity index (χ4v) is 1.78. The Kier molecular flexibility index (Phi) is 4.63. The van der Waals surface area contributed by atoms with Crippen LogP contribution in [0.3, 0.4) is 0 Å². The van der Waals surface area contributed by atoms with Crippen LogP contribution in [0.5, 0.6) is 0 Å². The number of carbonyl (C=O) groups is 2. The van der Waals surface area contributed by atoms with Crippen LogP contribution in [-0.2, 0) is 4.79 Å². The molecule has 0 saturated carbocycles. The molecule has 2 aromatic rings. The van der Waals surface area contributed by atoms with Gasteiger partial charge in [-0.1, -0.05) is 30.3 Å². The number of hydrogen-bond acceptors (Lipinski definition) is 3. The Hall–Kier alpha value is -2.73. The van der Waals surface area contributed by atoms with Crippen LogP contribution < -0.4 is 16.6 Å². The van der Waals surface area contributed by atoms with Crippen LogP contribution in [0.15, 0.2) is 54.6 Å². The number of hydrogen-bond donors (Lipinski definition) is 3. The lowest BCUT2D eigenvalue weighted by molar-refractivity contribution is -0.120. The fraction of sp³-hybridized carbons (Fsp3) is 0.0667. The van der Waals surface area contributed by atoms with Crippen molar-refractivity contribution in [2.45, 2.75) is 6.04 Å². The van der Waals surface area contributed by atoms with E-state index in [9.17, 15) is 14.0 Å². The smallest absolute Gasteiger partial charge is 0.265 e. The highest BCUT2D eigenvalue weighted by Gasteiger charge is 2.18. The summed E-state index contributed by atoms with van der Waals surface area (Å²) in [5.74, 6) is -1.54. The first kappa shape index (κ1) is 14.7. The second-order valence-corrected chi connectivity index (χ2v) is 4.35. The van der Waals surface area contributed by atoms with Gasteiger partial charge >= 0.3 is 0 Å². The number of carbonyl (C=O) groups excluding carboxylic acids is 2. The molecule has 2 amide bonds. The molecule has 0 heterocycles. The van der Waals surface area contributed by atoms with Gasteiger partial charge in [-0.3, -0.25) is 15.0 Å². The van der Waals surface area contributed by atoms with Crippen LogP contribution in [0.1, 0.15) is 22.0 Å². The number of nitrogens with two attached hydrogens (primary N) is 1. The number of rotatable bonds is 5. The van der Waals surface area contributed by atoms with Crippen molar-refractivity contribution in [2.75, 3.05) is 0 Å². The molecule has 0 aromatic heterocycles. The van der Waals surface area contributed by atoms with Gasteiger partial charge in [0.1, 0.15) is 11.9 Å². The van der Waals surface area contributed by atoms with Crippen LogP contribution >= 0.6 is 0 Å². The van der Waals surface area contributed by atoms with Gasteiger partial charge in [-0.25, -0.2) is 9.82 Å². The third kappa shape index (κ3) is 3.87. The van der Waals surface area contributed by atoms with Crippen molar-refractivity contribution in [3.8, 4) is 0 Å². The second-order valence-electron chi connectivity index (χ2n) is 4.35. The van der Waals surface area contributed by atoms with Crippen molar-refractivity contribution in [1.82, 2.24) is 10.9 Å². The van der Waals surface area contributed by atoms with Crippen molar-refractivity contribution >= 4 is 11.8 Å². The largest absolute Gasteiger partial charge is 0.368 e. The SMILES string of the molecule is NC(=O)C(NNC(=O)c1ccc(F)cc1)c1ccccc1. The van der Waals surface area contributed by atoms with Crippen molar-refractivity contribution in [2.24, 2.45) is 5.73 Å². The normalized spacial score (nSPS) is 11.7. The summed E-state index contributed by atoms with van der Waals surface area (Å²) in [5.41, 5.74) is 11.2. The highest BCUT2D eigenvalue weighted by atomic mass is 19.1. The third-order valence-corrected chi connectivity index (χ3v) is 2.85. The predicted molar refractivity (Wildman–Crippen MR) is 75.4 cm³/mol. The van der Waals surface area contributed by atoms with Gasteiger partial charge in [-0.05, 0) is 29.8 Å². The molecule has 4 N–H and O–H groups in total. The molecule has 0 fully saturated rings. The average molecular weight is 287 g/mol. The van der Waals surface area contributed by atoms with Crippen molar-refractivity contribution in [1.29, 1.82) is 0 Å². The van der Waals surface area contributed by atoms with Gasteiger partial charge in [0.15, 0.2) is 0 Å². The molecule has 21 heavy (non-hydrogen) atoms. The molecule has 5 nitrogen and oxygen atoms in total. The minimum absolute atomic E-state index is 0.264. The monoisotopic (exact) mass is 287 g/mol. The van der Waals surface area contributed by atoms with Crippen LogP contribution in [-0.4, -0.2) is 11.8 Å². The van der Waals surface area contributed by atoms with Crippen molar-refractivity contribution < 1.29 is 14.0 Å². The summed E-state index contributed by atoms with van der Waals surface area (Å²) in [6, 6.07) is 12.9. The first-order chi connectivity index (χ1) is 10.1. The van der Waals surface area contributed by atoms with Crippen LogP contribution in [0.2, 0.25) is 0 Å². The van der Waals surface area contributed by atoms with Gasteiger partial charge in [-0.15, -0.1) is 0 Å². The fourth-order valence-electron chi connectivity index (χ4n) is 1.78. The molecule has 1 unspecified atom stereocenters. The Morgan fingerprint density at radius 3 is 2.19 bits per heavy atom. The van der Waals surface area contributed by atoms with E-state index in [1.54, 1.807) is 30.3 Å². The minimum Gasteiger partial charge on any atom is -0.368 e. The van der Waals surface area contributed by atoms with E-state index < -0.39 is 23.7 Å². The van der Waals surface area contributed by atoms with Crippen LogP contribution in [0.4, 0.5) is 4.39 Å². The molecule has 0 aliphatic rings. The van der Waals surface area contributed by atoms with E-state index in [2.05, 4.69) is 10.9 Å². The van der Waals surface area contributed by atoms with Crippen LogP contribution in [0, 0.1) is 5.82 Å². The molecule has 0 spiro atoms. The summed E-state index contributed by atoms with van der Waals surface area (Å²) in [6.07, 6.45) is 0. The molecular formula is C15H14FN3O2. The van der Waals surface area contributed by atoms with Gasteiger partial charge in [0, 0.05) is 5.56 Å². The lowest BCUT2D eigenvalue weighted by atomic mass is 10.1. The van der Waals surface area contributed by atoms with E-state index in [0.717, 1.165) is 0 Å². The highest BCUT2D eigenvalue weighted by molar-refractivity contribution is 5.94. The molecule has 1 atom stereocenters. The van der Waals surface area contributed by atoms with Crippen molar-refractivity contribution in [3.63, 3.8) is 0 Å². The van der Waals surface area contributed by atoms with E-state index in [-0.39, 0.29) is 5.56 Å². The maximum absolute atomic E-state index is 12.8. The Bertz CT molecular complexity index is 629. The summed E-state index contributed by atoms with van der Waals surface area (Å²) in [6.45, 7) is 0. The third-order valence-electron chi connectivity index (χ3n) is 2.85. The predicted octanol–water partition coefficient (Wildman–Crippen LogP) is 1.29. The molecular weight excluding hydrogens is 273 g/mol. The van der Waals surface area contributed by atoms with Gasteiger partial charge in [-0.2, -0.15) is 0 Å². The average Bonchev–Trinajstić information content (AvgIpc) is 2.48. The van der Waals surface area contributed by atoms with Gasteiger partial charge in [0.05, 0.1) is 0 Å². The number of amides is 2. The lowest BCUT2D eigenvalue weighted by Crippen LogP contribution is -2.45. The van der Waals surface area contributed by atoms with Gasteiger partial charge < -0.3 is 5.73 Å². The summed E-state index contributed by atoms with van der Waals surface area (Å²) < 4.78 is 12.8.